The van der Waals surface area contributed by atoms with Crippen LogP contribution in [-0.4, -0.2) is 33.1 Å². The average Bonchev–Trinajstić information content (AvgIpc) is 2.52. The van der Waals surface area contributed by atoms with Crippen molar-refractivity contribution in [2.24, 2.45) is 17.6 Å². The van der Waals surface area contributed by atoms with Crippen molar-refractivity contribution in [3.05, 3.63) is 29.8 Å². The minimum absolute atomic E-state index is 0.0154. The molecule has 1 aliphatic rings. The number of nitrogens with zero attached hydrogens (tertiary/aromatic N) is 1. The van der Waals surface area contributed by atoms with Gasteiger partial charge in [-0.05, 0) is 55.5 Å². The summed E-state index contributed by atoms with van der Waals surface area (Å²) in [7, 11) is 3.98. The van der Waals surface area contributed by atoms with Gasteiger partial charge in [-0.25, -0.2) is 0 Å². The van der Waals surface area contributed by atoms with Gasteiger partial charge >= 0.3 is 0 Å². The maximum Gasteiger partial charge on any atom is 0.251 e. The summed E-state index contributed by atoms with van der Waals surface area (Å²) >= 11 is 0. The molecule has 0 heterocycles. The largest absolute Gasteiger partial charge is 0.378 e. The summed E-state index contributed by atoms with van der Waals surface area (Å²) in [4.78, 5) is 14.2. The lowest BCUT2D eigenvalue weighted by atomic mass is 9.79. The molecule has 2 unspecified atom stereocenters. The van der Waals surface area contributed by atoms with Crippen molar-refractivity contribution in [2.75, 3.05) is 32.1 Å². The molecule has 1 saturated carbocycles. The molecule has 0 aliphatic heterocycles. The van der Waals surface area contributed by atoms with Gasteiger partial charge in [-0.15, -0.1) is 0 Å². The highest BCUT2D eigenvalue weighted by Crippen LogP contribution is 2.28. The van der Waals surface area contributed by atoms with Crippen LogP contribution < -0.4 is 16.0 Å². The Morgan fingerprint density at radius 2 is 1.81 bits per heavy atom. The van der Waals surface area contributed by atoms with Crippen LogP contribution in [0, 0.1) is 11.8 Å². The van der Waals surface area contributed by atoms with Gasteiger partial charge in [0.2, 0.25) is 0 Å². The number of nitrogens with two attached hydrogens (primary N) is 1. The van der Waals surface area contributed by atoms with Gasteiger partial charge in [0.05, 0.1) is 0 Å². The molecule has 2 atom stereocenters. The minimum Gasteiger partial charge on any atom is -0.378 e. The first-order valence-corrected chi connectivity index (χ1v) is 7.87. The third-order valence-electron chi connectivity index (χ3n) is 4.54. The molecule has 4 heteroatoms. The zero-order valence-electron chi connectivity index (χ0n) is 13.1. The zero-order valence-corrected chi connectivity index (χ0v) is 13.1. The molecule has 0 saturated heterocycles. The predicted molar refractivity (Wildman–Crippen MR) is 87.6 cm³/mol. The van der Waals surface area contributed by atoms with Crippen molar-refractivity contribution >= 4 is 11.6 Å². The van der Waals surface area contributed by atoms with Crippen molar-refractivity contribution in [3.8, 4) is 0 Å². The topological polar surface area (TPSA) is 58.4 Å². The normalized spacial score (nSPS) is 21.9. The Morgan fingerprint density at radius 3 is 2.38 bits per heavy atom. The van der Waals surface area contributed by atoms with E-state index in [1.807, 2.05) is 43.3 Å². The molecule has 4 nitrogen and oxygen atoms in total. The van der Waals surface area contributed by atoms with Crippen LogP contribution in [0.25, 0.3) is 0 Å². The Morgan fingerprint density at radius 1 is 1.19 bits per heavy atom. The Hall–Kier alpha value is -1.55. The van der Waals surface area contributed by atoms with Gasteiger partial charge in [0.1, 0.15) is 0 Å². The molecule has 0 aromatic heterocycles. The fourth-order valence-corrected chi connectivity index (χ4v) is 3.10. The quantitative estimate of drug-likeness (QED) is 0.874. The average molecular weight is 289 g/mol. The molecule has 1 fully saturated rings. The maximum atomic E-state index is 12.2. The van der Waals surface area contributed by atoms with E-state index in [9.17, 15) is 4.79 Å². The van der Waals surface area contributed by atoms with E-state index in [0.29, 0.717) is 11.8 Å². The smallest absolute Gasteiger partial charge is 0.251 e. The molecule has 1 aromatic carbocycles. The molecule has 116 valence electrons. The summed E-state index contributed by atoms with van der Waals surface area (Å²) in [5.41, 5.74) is 7.66. The minimum atomic E-state index is 0.0154. The van der Waals surface area contributed by atoms with Gasteiger partial charge in [0.15, 0.2) is 0 Å². The fraction of sp³-hybridized carbons (Fsp3) is 0.588. The van der Waals surface area contributed by atoms with Crippen molar-refractivity contribution in [1.82, 2.24) is 5.32 Å². The van der Waals surface area contributed by atoms with Gasteiger partial charge in [0, 0.05) is 31.9 Å². The Bertz CT molecular complexity index is 456. The molecule has 0 radical (unpaired) electrons. The second kappa shape index (κ2) is 7.46. The van der Waals surface area contributed by atoms with Crippen LogP contribution in [0.2, 0.25) is 0 Å². The molecule has 21 heavy (non-hydrogen) atoms. The van der Waals surface area contributed by atoms with Crippen molar-refractivity contribution in [1.29, 1.82) is 0 Å². The van der Waals surface area contributed by atoms with Gasteiger partial charge in [-0.3, -0.25) is 4.79 Å². The zero-order chi connectivity index (χ0) is 15.2. The predicted octanol–water partition coefficient (Wildman–Crippen LogP) is 2.25. The third-order valence-corrected chi connectivity index (χ3v) is 4.54. The van der Waals surface area contributed by atoms with Crippen LogP contribution >= 0.6 is 0 Å². The van der Waals surface area contributed by atoms with Gasteiger partial charge in [-0.2, -0.15) is 0 Å². The monoisotopic (exact) mass is 289 g/mol. The maximum absolute atomic E-state index is 12.2. The highest BCUT2D eigenvalue weighted by molar-refractivity contribution is 5.94. The Kier molecular flexibility index (Phi) is 5.62. The molecule has 3 N–H and O–H groups in total. The van der Waals surface area contributed by atoms with E-state index < -0.39 is 0 Å². The molecular weight excluding hydrogens is 262 g/mol. The van der Waals surface area contributed by atoms with Crippen molar-refractivity contribution in [3.63, 3.8) is 0 Å². The number of hydrogen-bond acceptors (Lipinski definition) is 3. The Labute approximate surface area is 127 Å². The van der Waals surface area contributed by atoms with Crippen LogP contribution in [0.1, 0.15) is 36.0 Å². The number of anilines is 1. The SMILES string of the molecule is CN(C)c1ccc(C(=O)NCC2CCCCC2CN)cc1. The standard InChI is InChI=1S/C17H27N3O/c1-20(2)16-9-7-13(8-10-16)17(21)19-12-15-6-4-3-5-14(15)11-18/h7-10,14-15H,3-6,11-12,18H2,1-2H3,(H,19,21). The van der Waals surface area contributed by atoms with Gasteiger partial charge < -0.3 is 16.0 Å². The first kappa shape index (κ1) is 15.8. The molecule has 2 rings (SSSR count). The lowest BCUT2D eigenvalue weighted by Gasteiger charge is -2.30. The molecule has 0 bridgehead atoms. The summed E-state index contributed by atoms with van der Waals surface area (Å²) in [5, 5.41) is 3.07. The number of amides is 1. The lowest BCUT2D eigenvalue weighted by Crippen LogP contribution is -2.36. The van der Waals surface area contributed by atoms with Crippen LogP contribution in [0.3, 0.4) is 0 Å². The summed E-state index contributed by atoms with van der Waals surface area (Å²) in [6.45, 7) is 1.48. The summed E-state index contributed by atoms with van der Waals surface area (Å²) in [5.74, 6) is 1.12. The summed E-state index contributed by atoms with van der Waals surface area (Å²) < 4.78 is 0. The van der Waals surface area contributed by atoms with E-state index >= 15 is 0 Å². The first-order chi connectivity index (χ1) is 10.1. The first-order valence-electron chi connectivity index (χ1n) is 7.87. The number of nitrogens with one attached hydrogen (secondary N) is 1. The van der Waals surface area contributed by atoms with Gasteiger partial charge in [-0.1, -0.05) is 12.8 Å². The summed E-state index contributed by atoms with van der Waals surface area (Å²) in [6.07, 6.45) is 4.92. The molecular formula is C17H27N3O. The second-order valence-corrected chi connectivity index (χ2v) is 6.19. The molecule has 1 aromatic rings. The number of hydrogen-bond donors (Lipinski definition) is 2. The van der Waals surface area contributed by atoms with Crippen molar-refractivity contribution in [2.45, 2.75) is 25.7 Å². The highest BCUT2D eigenvalue weighted by Gasteiger charge is 2.24. The van der Waals surface area contributed by atoms with Gasteiger partial charge in [0.25, 0.3) is 5.91 Å². The van der Waals surface area contributed by atoms with E-state index in [4.69, 9.17) is 5.73 Å². The van der Waals surface area contributed by atoms with Crippen LogP contribution in [0.4, 0.5) is 5.69 Å². The van der Waals surface area contributed by atoms with Crippen LogP contribution in [0.5, 0.6) is 0 Å². The van der Waals surface area contributed by atoms with Crippen LogP contribution in [0.15, 0.2) is 24.3 Å². The molecule has 1 amide bonds. The van der Waals surface area contributed by atoms with E-state index in [2.05, 4.69) is 5.32 Å². The number of carbonyl (C=O) groups excluding carboxylic acids is 1. The van der Waals surface area contributed by atoms with Crippen molar-refractivity contribution < 1.29 is 4.79 Å². The van der Waals surface area contributed by atoms with E-state index in [1.54, 1.807) is 0 Å². The lowest BCUT2D eigenvalue weighted by molar-refractivity contribution is 0.0935. The fourth-order valence-electron chi connectivity index (χ4n) is 3.10. The van der Waals surface area contributed by atoms with E-state index in [0.717, 1.165) is 24.3 Å². The number of benzene rings is 1. The number of carbonyl (C=O) groups is 1. The third kappa shape index (κ3) is 4.21. The summed E-state index contributed by atoms with van der Waals surface area (Å²) in [6, 6.07) is 7.70. The van der Waals surface area contributed by atoms with E-state index in [1.165, 1.54) is 25.7 Å². The molecule has 1 aliphatic carbocycles. The second-order valence-electron chi connectivity index (χ2n) is 6.19. The Balaban J connectivity index is 1.89. The highest BCUT2D eigenvalue weighted by atomic mass is 16.1. The molecule has 0 spiro atoms. The van der Waals surface area contributed by atoms with Crippen LogP contribution in [-0.2, 0) is 0 Å². The van der Waals surface area contributed by atoms with E-state index in [-0.39, 0.29) is 5.91 Å². The number of rotatable bonds is 5.